The molecule has 2 aromatic heterocycles. The average molecular weight is 385 g/mol. The smallest absolute Gasteiger partial charge is 0.341 e. The molecule has 2 heterocycles. The number of amides is 1. The molecule has 0 fully saturated rings. The number of carbonyl (C=O) groups is 2. The van der Waals surface area contributed by atoms with Gasteiger partial charge in [0.2, 0.25) is 5.91 Å². The fraction of sp³-hybridized carbons (Fsp3) is 0.100. The van der Waals surface area contributed by atoms with Crippen LogP contribution in [0.2, 0.25) is 0 Å². The molecule has 3 aromatic rings. The predicted molar refractivity (Wildman–Crippen MR) is 102 cm³/mol. The van der Waals surface area contributed by atoms with Gasteiger partial charge in [0.25, 0.3) is 0 Å². The lowest BCUT2D eigenvalue weighted by molar-refractivity contribution is -0.111. The van der Waals surface area contributed by atoms with Crippen LogP contribution in [-0.4, -0.2) is 18.5 Å². The van der Waals surface area contributed by atoms with Gasteiger partial charge in [0.15, 0.2) is 0 Å². The number of rotatable bonds is 6. The Kier molecular flexibility index (Phi) is 5.83. The second kappa shape index (κ2) is 8.46. The minimum absolute atomic E-state index is 0.198. The van der Waals surface area contributed by atoms with Crippen LogP contribution in [0.5, 0.6) is 0 Å². The summed E-state index contributed by atoms with van der Waals surface area (Å²) in [6.07, 6.45) is 4.34. The lowest BCUT2D eigenvalue weighted by Gasteiger charge is -2.08. The first-order chi connectivity index (χ1) is 13.1. The molecule has 0 bridgehead atoms. The lowest BCUT2D eigenvalue weighted by atomic mass is 10.0. The molecule has 7 heteroatoms. The molecule has 0 radical (unpaired) electrons. The number of hydrogen-bond donors (Lipinski definition) is 1. The molecule has 0 atom stereocenters. The van der Waals surface area contributed by atoms with Crippen molar-refractivity contribution in [2.24, 2.45) is 0 Å². The number of ether oxygens (including phenoxy) is 1. The predicted octanol–water partition coefficient (Wildman–Crippen LogP) is 4.98. The maximum absolute atomic E-state index is 13.2. The van der Waals surface area contributed by atoms with Crippen LogP contribution in [0.15, 0.2) is 58.5 Å². The van der Waals surface area contributed by atoms with E-state index in [0.717, 1.165) is 0 Å². The van der Waals surface area contributed by atoms with Crippen LogP contribution >= 0.6 is 11.3 Å². The Bertz CT molecular complexity index is 959. The molecule has 3 rings (SSSR count). The first-order valence-corrected chi connectivity index (χ1v) is 9.03. The highest BCUT2D eigenvalue weighted by atomic mass is 32.1. The van der Waals surface area contributed by atoms with Gasteiger partial charge in [0, 0.05) is 17.0 Å². The quantitative estimate of drug-likeness (QED) is 0.480. The molecule has 0 saturated heterocycles. The van der Waals surface area contributed by atoms with Crippen molar-refractivity contribution in [1.29, 1.82) is 0 Å². The normalized spacial score (nSPS) is 10.9. The lowest BCUT2D eigenvalue weighted by Crippen LogP contribution is -2.12. The fourth-order valence-electron chi connectivity index (χ4n) is 2.40. The van der Waals surface area contributed by atoms with Gasteiger partial charge in [-0.25, -0.2) is 9.18 Å². The van der Waals surface area contributed by atoms with E-state index < -0.39 is 11.9 Å². The van der Waals surface area contributed by atoms with Gasteiger partial charge in [-0.2, -0.15) is 0 Å². The first kappa shape index (κ1) is 18.6. The third-order valence-electron chi connectivity index (χ3n) is 3.60. The molecule has 1 amide bonds. The molecule has 27 heavy (non-hydrogen) atoms. The van der Waals surface area contributed by atoms with Crippen molar-refractivity contribution in [3.8, 4) is 11.1 Å². The number of benzene rings is 1. The van der Waals surface area contributed by atoms with E-state index in [1.165, 1.54) is 41.9 Å². The van der Waals surface area contributed by atoms with Crippen molar-refractivity contribution >= 4 is 34.3 Å². The Labute approximate surface area is 159 Å². The molecule has 1 N–H and O–H groups in total. The van der Waals surface area contributed by atoms with Gasteiger partial charge in [0.05, 0.1) is 12.9 Å². The Balaban J connectivity index is 1.89. The van der Waals surface area contributed by atoms with Gasteiger partial charge < -0.3 is 14.5 Å². The summed E-state index contributed by atoms with van der Waals surface area (Å²) in [6, 6.07) is 9.19. The molecule has 1 aromatic carbocycles. The molecule has 0 aliphatic heterocycles. The summed E-state index contributed by atoms with van der Waals surface area (Å²) in [5, 5.41) is 4.78. The maximum Gasteiger partial charge on any atom is 0.341 e. The van der Waals surface area contributed by atoms with Crippen LogP contribution < -0.4 is 5.32 Å². The third kappa shape index (κ3) is 4.51. The molecule has 5 nitrogen and oxygen atoms in total. The number of halogens is 1. The Morgan fingerprint density at radius 3 is 2.70 bits per heavy atom. The number of hydrogen-bond acceptors (Lipinski definition) is 5. The van der Waals surface area contributed by atoms with Gasteiger partial charge in [-0.3, -0.25) is 4.79 Å². The summed E-state index contributed by atoms with van der Waals surface area (Å²) < 4.78 is 23.5. The summed E-state index contributed by atoms with van der Waals surface area (Å²) in [6.45, 7) is 1.90. The van der Waals surface area contributed by atoms with E-state index in [4.69, 9.17) is 9.15 Å². The summed E-state index contributed by atoms with van der Waals surface area (Å²) in [5.74, 6) is -0.801. The molecule has 0 aliphatic rings. The van der Waals surface area contributed by atoms with Crippen LogP contribution in [0.1, 0.15) is 23.0 Å². The average Bonchev–Trinajstić information content (AvgIpc) is 3.31. The summed E-state index contributed by atoms with van der Waals surface area (Å²) in [4.78, 5) is 24.6. The number of thiophene rings is 1. The standard InChI is InChI=1S/C20H16FNO4S/c1-2-25-20(24)18-16(13-5-7-14(21)8-6-13)12-27-19(18)22-17(23)10-9-15-4-3-11-26-15/h3-12H,2H2,1H3,(H,22,23)/b10-9+. The zero-order valence-electron chi connectivity index (χ0n) is 14.4. The van der Waals surface area contributed by atoms with Crippen molar-refractivity contribution in [1.82, 2.24) is 0 Å². The Morgan fingerprint density at radius 2 is 2.04 bits per heavy atom. The van der Waals surface area contributed by atoms with Crippen LogP contribution in [0.4, 0.5) is 9.39 Å². The first-order valence-electron chi connectivity index (χ1n) is 8.15. The zero-order valence-corrected chi connectivity index (χ0v) is 15.2. The molecule has 0 aliphatic carbocycles. The van der Waals surface area contributed by atoms with Gasteiger partial charge in [0.1, 0.15) is 22.1 Å². The van der Waals surface area contributed by atoms with E-state index in [1.807, 2.05) is 0 Å². The van der Waals surface area contributed by atoms with Crippen molar-refractivity contribution in [2.75, 3.05) is 11.9 Å². The van der Waals surface area contributed by atoms with Gasteiger partial charge in [-0.1, -0.05) is 12.1 Å². The molecule has 138 valence electrons. The molecule has 0 spiro atoms. The minimum Gasteiger partial charge on any atom is -0.465 e. The van der Waals surface area contributed by atoms with E-state index >= 15 is 0 Å². The molecular weight excluding hydrogens is 369 g/mol. The van der Waals surface area contributed by atoms with E-state index in [0.29, 0.717) is 21.9 Å². The van der Waals surface area contributed by atoms with Crippen LogP contribution in [0, 0.1) is 5.82 Å². The van der Waals surface area contributed by atoms with Crippen LogP contribution in [-0.2, 0) is 9.53 Å². The highest BCUT2D eigenvalue weighted by Gasteiger charge is 2.22. The summed E-state index contributed by atoms with van der Waals surface area (Å²) >= 11 is 1.20. The molecular formula is C20H16FNO4S. The monoisotopic (exact) mass is 385 g/mol. The van der Waals surface area contributed by atoms with Crippen LogP contribution in [0.3, 0.4) is 0 Å². The van der Waals surface area contributed by atoms with Gasteiger partial charge in [-0.15, -0.1) is 11.3 Å². The summed E-state index contributed by atoms with van der Waals surface area (Å²) in [5.41, 5.74) is 1.47. The second-order valence-corrected chi connectivity index (χ2v) is 6.30. The third-order valence-corrected chi connectivity index (χ3v) is 4.50. The number of anilines is 1. The fourth-order valence-corrected chi connectivity index (χ4v) is 3.36. The summed E-state index contributed by atoms with van der Waals surface area (Å²) in [7, 11) is 0. The number of furan rings is 1. The van der Waals surface area contributed by atoms with E-state index in [2.05, 4.69) is 5.32 Å². The highest BCUT2D eigenvalue weighted by Crippen LogP contribution is 2.36. The SMILES string of the molecule is CCOC(=O)c1c(-c2ccc(F)cc2)csc1NC(=O)/C=C/c1ccco1. The number of carbonyl (C=O) groups excluding carboxylic acids is 2. The second-order valence-electron chi connectivity index (χ2n) is 5.42. The van der Waals surface area contributed by atoms with Crippen molar-refractivity contribution in [2.45, 2.75) is 6.92 Å². The van der Waals surface area contributed by atoms with Crippen LogP contribution in [0.25, 0.3) is 17.2 Å². The van der Waals surface area contributed by atoms with Crippen molar-refractivity contribution < 1.29 is 23.1 Å². The number of nitrogens with one attached hydrogen (secondary N) is 1. The van der Waals surface area contributed by atoms with Crippen molar-refractivity contribution in [3.05, 3.63) is 71.3 Å². The Morgan fingerprint density at radius 1 is 1.26 bits per heavy atom. The molecule has 0 unspecified atom stereocenters. The number of esters is 1. The molecule has 0 saturated carbocycles. The zero-order chi connectivity index (χ0) is 19.2. The van der Waals surface area contributed by atoms with E-state index in [-0.39, 0.29) is 18.0 Å². The minimum atomic E-state index is -0.552. The van der Waals surface area contributed by atoms with Gasteiger partial charge >= 0.3 is 5.97 Å². The Hall–Kier alpha value is -3.19. The highest BCUT2D eigenvalue weighted by molar-refractivity contribution is 7.15. The van der Waals surface area contributed by atoms with E-state index in [1.54, 1.807) is 36.6 Å². The van der Waals surface area contributed by atoms with Gasteiger partial charge in [-0.05, 0) is 42.8 Å². The topological polar surface area (TPSA) is 68.5 Å². The largest absolute Gasteiger partial charge is 0.465 e. The van der Waals surface area contributed by atoms with E-state index in [9.17, 15) is 14.0 Å². The maximum atomic E-state index is 13.2. The van der Waals surface area contributed by atoms with Crippen molar-refractivity contribution in [3.63, 3.8) is 0 Å².